The van der Waals surface area contributed by atoms with Gasteiger partial charge in [-0.2, -0.15) is 0 Å². The van der Waals surface area contributed by atoms with E-state index >= 15 is 0 Å². The molecule has 3 heterocycles. The van der Waals surface area contributed by atoms with Crippen LogP contribution in [0.25, 0.3) is 10.9 Å². The second-order valence-electron chi connectivity index (χ2n) is 7.36. The summed E-state index contributed by atoms with van der Waals surface area (Å²) in [6.45, 7) is 2.22. The molecule has 1 aromatic heterocycles. The summed E-state index contributed by atoms with van der Waals surface area (Å²) in [6, 6.07) is 9.35. The van der Waals surface area contributed by atoms with E-state index in [0.29, 0.717) is 17.7 Å². The highest BCUT2D eigenvalue weighted by Gasteiger charge is 2.43. The van der Waals surface area contributed by atoms with Gasteiger partial charge in [-0.05, 0) is 49.3 Å². The number of H-pyrrole nitrogens is 1. The van der Waals surface area contributed by atoms with Crippen LogP contribution >= 0.6 is 0 Å². The maximum atomic E-state index is 11.8. The lowest BCUT2D eigenvalue weighted by Crippen LogP contribution is -2.53. The Morgan fingerprint density at radius 2 is 2.05 bits per heavy atom. The van der Waals surface area contributed by atoms with Gasteiger partial charge in [0.15, 0.2) is 0 Å². The SMILES string of the molecule is O=C1CC[C@H]2[C@H](CCN3Cc4[nH]c5ccccc5c4C[C@H]23)C1. The number of aromatic amines is 1. The van der Waals surface area contributed by atoms with Gasteiger partial charge in [-0.25, -0.2) is 0 Å². The fraction of sp³-hybridized carbons (Fsp3) is 0.526. The van der Waals surface area contributed by atoms with E-state index in [2.05, 4.69) is 34.1 Å². The molecule has 22 heavy (non-hydrogen) atoms. The molecule has 0 bridgehead atoms. The van der Waals surface area contributed by atoms with Gasteiger partial charge in [-0.15, -0.1) is 0 Å². The van der Waals surface area contributed by atoms with Gasteiger partial charge in [0, 0.05) is 42.0 Å². The van der Waals surface area contributed by atoms with E-state index in [1.54, 1.807) is 0 Å². The van der Waals surface area contributed by atoms with Crippen LogP contribution in [-0.4, -0.2) is 28.3 Å². The molecule has 0 unspecified atom stereocenters. The molecule has 1 N–H and O–H groups in total. The maximum absolute atomic E-state index is 11.8. The zero-order valence-corrected chi connectivity index (χ0v) is 12.8. The lowest BCUT2D eigenvalue weighted by atomic mass is 9.68. The van der Waals surface area contributed by atoms with Crippen molar-refractivity contribution in [2.24, 2.45) is 11.8 Å². The Hall–Kier alpha value is -1.61. The minimum Gasteiger partial charge on any atom is -0.357 e. The highest BCUT2D eigenvalue weighted by molar-refractivity contribution is 5.85. The predicted octanol–water partition coefficient (Wildman–Crippen LogP) is 3.28. The Kier molecular flexibility index (Phi) is 2.75. The first-order chi connectivity index (χ1) is 10.8. The number of carbonyl (C=O) groups is 1. The van der Waals surface area contributed by atoms with E-state index in [4.69, 9.17) is 0 Å². The summed E-state index contributed by atoms with van der Waals surface area (Å²) < 4.78 is 0. The first-order valence-electron chi connectivity index (χ1n) is 8.64. The summed E-state index contributed by atoms with van der Waals surface area (Å²) in [5.74, 6) is 1.88. The van der Waals surface area contributed by atoms with E-state index in [1.807, 2.05) is 0 Å². The zero-order chi connectivity index (χ0) is 14.7. The van der Waals surface area contributed by atoms with Crippen LogP contribution in [0, 0.1) is 11.8 Å². The van der Waals surface area contributed by atoms with Gasteiger partial charge in [-0.1, -0.05) is 18.2 Å². The largest absolute Gasteiger partial charge is 0.357 e. The number of fused-ring (bicyclic) bond motifs is 6. The Morgan fingerprint density at radius 1 is 1.14 bits per heavy atom. The molecule has 1 saturated heterocycles. The average Bonchev–Trinajstić information content (AvgIpc) is 2.90. The summed E-state index contributed by atoms with van der Waals surface area (Å²) in [6.07, 6.45) is 5.14. The van der Waals surface area contributed by atoms with Gasteiger partial charge in [0.05, 0.1) is 0 Å². The maximum Gasteiger partial charge on any atom is 0.133 e. The quantitative estimate of drug-likeness (QED) is 0.809. The Balaban J connectivity index is 1.53. The minimum atomic E-state index is 0.498. The van der Waals surface area contributed by atoms with Crippen molar-refractivity contribution >= 4 is 16.7 Å². The molecular formula is C19H22N2O. The first kappa shape index (κ1) is 12.9. The lowest BCUT2D eigenvalue weighted by Gasteiger charge is -2.49. The van der Waals surface area contributed by atoms with Crippen LogP contribution in [0.15, 0.2) is 24.3 Å². The Labute approximate surface area is 130 Å². The van der Waals surface area contributed by atoms with Gasteiger partial charge >= 0.3 is 0 Å². The van der Waals surface area contributed by atoms with Crippen molar-refractivity contribution in [2.45, 2.75) is 44.7 Å². The molecule has 0 spiro atoms. The number of para-hydroxylation sites is 1. The van der Waals surface area contributed by atoms with Crippen molar-refractivity contribution in [1.29, 1.82) is 0 Å². The molecule has 3 atom stereocenters. The molecule has 2 aliphatic heterocycles. The van der Waals surface area contributed by atoms with Crippen LogP contribution in [0.1, 0.15) is 36.9 Å². The monoisotopic (exact) mass is 294 g/mol. The fourth-order valence-corrected chi connectivity index (χ4v) is 5.21. The molecule has 2 fully saturated rings. The van der Waals surface area contributed by atoms with Crippen LogP contribution in [0.2, 0.25) is 0 Å². The normalized spacial score (nSPS) is 31.6. The zero-order valence-electron chi connectivity index (χ0n) is 12.8. The number of rotatable bonds is 0. The summed E-state index contributed by atoms with van der Waals surface area (Å²) in [7, 11) is 0. The number of ketones is 1. The number of carbonyl (C=O) groups excluding carboxylic acids is 1. The summed E-state index contributed by atoms with van der Waals surface area (Å²) >= 11 is 0. The first-order valence-corrected chi connectivity index (χ1v) is 8.64. The smallest absolute Gasteiger partial charge is 0.133 e. The molecule has 3 aliphatic rings. The minimum absolute atomic E-state index is 0.498. The van der Waals surface area contributed by atoms with Crippen molar-refractivity contribution in [3.8, 4) is 0 Å². The number of benzene rings is 1. The number of piperidine rings is 1. The van der Waals surface area contributed by atoms with E-state index in [-0.39, 0.29) is 0 Å². The third kappa shape index (κ3) is 1.81. The van der Waals surface area contributed by atoms with Crippen molar-refractivity contribution in [3.63, 3.8) is 0 Å². The van der Waals surface area contributed by atoms with E-state index < -0.39 is 0 Å². The fourth-order valence-electron chi connectivity index (χ4n) is 5.21. The Bertz CT molecular complexity index is 747. The predicted molar refractivity (Wildman–Crippen MR) is 86.7 cm³/mol. The molecule has 0 radical (unpaired) electrons. The van der Waals surface area contributed by atoms with Crippen LogP contribution in [0.4, 0.5) is 0 Å². The Morgan fingerprint density at radius 3 is 3.00 bits per heavy atom. The molecule has 5 rings (SSSR count). The number of nitrogens with one attached hydrogen (secondary N) is 1. The topological polar surface area (TPSA) is 36.1 Å². The molecule has 114 valence electrons. The number of nitrogens with zero attached hydrogens (tertiary/aromatic N) is 1. The van der Waals surface area contributed by atoms with E-state index in [9.17, 15) is 4.79 Å². The highest BCUT2D eigenvalue weighted by atomic mass is 16.1. The summed E-state index contributed by atoms with van der Waals surface area (Å²) in [4.78, 5) is 18.1. The van der Waals surface area contributed by atoms with Crippen molar-refractivity contribution in [2.75, 3.05) is 6.54 Å². The van der Waals surface area contributed by atoms with Crippen LogP contribution < -0.4 is 0 Å². The third-order valence-electron chi connectivity index (χ3n) is 6.28. The summed E-state index contributed by atoms with van der Waals surface area (Å²) in [5.41, 5.74) is 4.24. The molecular weight excluding hydrogens is 272 g/mol. The lowest BCUT2D eigenvalue weighted by molar-refractivity contribution is -0.125. The van der Waals surface area contributed by atoms with Crippen LogP contribution in [0.3, 0.4) is 0 Å². The second-order valence-corrected chi connectivity index (χ2v) is 7.36. The molecule has 0 amide bonds. The number of hydrogen-bond acceptors (Lipinski definition) is 2. The summed E-state index contributed by atoms with van der Waals surface area (Å²) in [5, 5.41) is 1.41. The highest BCUT2D eigenvalue weighted by Crippen LogP contribution is 2.43. The van der Waals surface area contributed by atoms with Crippen LogP contribution in [-0.2, 0) is 17.8 Å². The molecule has 1 saturated carbocycles. The average molecular weight is 294 g/mol. The van der Waals surface area contributed by atoms with Gasteiger partial charge < -0.3 is 4.98 Å². The third-order valence-corrected chi connectivity index (χ3v) is 6.28. The van der Waals surface area contributed by atoms with E-state index in [1.165, 1.54) is 28.6 Å². The van der Waals surface area contributed by atoms with E-state index in [0.717, 1.165) is 44.7 Å². The number of hydrogen-bond donors (Lipinski definition) is 1. The van der Waals surface area contributed by atoms with Crippen molar-refractivity contribution in [1.82, 2.24) is 9.88 Å². The number of Topliss-reactive ketones (excluding diaryl/α,β-unsaturated/α-hetero) is 1. The van der Waals surface area contributed by atoms with Gasteiger partial charge in [-0.3, -0.25) is 9.69 Å². The van der Waals surface area contributed by atoms with Crippen molar-refractivity contribution < 1.29 is 4.79 Å². The van der Waals surface area contributed by atoms with Gasteiger partial charge in [0.2, 0.25) is 0 Å². The molecule has 2 aromatic rings. The second kappa shape index (κ2) is 4.69. The molecule has 3 nitrogen and oxygen atoms in total. The standard InChI is InChI=1S/C19H22N2O/c22-13-5-6-14-12(9-13)7-8-21-11-18-16(10-19(14)21)15-3-1-2-4-17(15)20-18/h1-4,12,14,19-20H,5-11H2/t12-,14+,19-/m1/s1. The van der Waals surface area contributed by atoms with Crippen molar-refractivity contribution in [3.05, 3.63) is 35.5 Å². The molecule has 1 aromatic carbocycles. The van der Waals surface area contributed by atoms with Crippen LogP contribution in [0.5, 0.6) is 0 Å². The van der Waals surface area contributed by atoms with Gasteiger partial charge in [0.1, 0.15) is 5.78 Å². The molecule has 3 heteroatoms. The van der Waals surface area contributed by atoms with Gasteiger partial charge in [0.25, 0.3) is 0 Å². The molecule has 1 aliphatic carbocycles. The number of aromatic nitrogens is 1.